The molecule has 0 aliphatic carbocycles. The van der Waals surface area contributed by atoms with Gasteiger partial charge in [-0.25, -0.2) is 0 Å². The zero-order valence-electron chi connectivity index (χ0n) is 11.4. The molecule has 0 radical (unpaired) electrons. The van der Waals surface area contributed by atoms with Gasteiger partial charge in [0, 0.05) is 34.6 Å². The van der Waals surface area contributed by atoms with E-state index in [4.69, 9.17) is 32.5 Å². The fourth-order valence-electron chi connectivity index (χ4n) is 0.234. The predicted octanol–water partition coefficient (Wildman–Crippen LogP) is -2.02. The number of hydrogen-bond acceptors (Lipinski definition) is 9. The maximum Gasteiger partial charge on any atom is 0.321 e. The Morgan fingerprint density at radius 1 is 0.682 bits per heavy atom. The number of carboxylic acid groups (broad SMARTS) is 3. The number of carbonyl (C=O) groups is 3. The summed E-state index contributed by atoms with van der Waals surface area (Å²) >= 11 is 10.9. The molecule has 0 aliphatic heterocycles. The predicted molar refractivity (Wildman–Crippen MR) is 88.4 cm³/mol. The van der Waals surface area contributed by atoms with Gasteiger partial charge in [-0.05, 0) is 0 Å². The summed E-state index contributed by atoms with van der Waals surface area (Å²) in [5.41, 5.74) is 14.8. The molecule has 0 aliphatic rings. The third-order valence-corrected chi connectivity index (χ3v) is 2.72. The van der Waals surface area contributed by atoms with Gasteiger partial charge < -0.3 is 32.5 Å². The normalized spacial score (nSPS) is 12.8. The zero-order valence-corrected chi connectivity index (χ0v) is 15.4. The molecule has 0 unspecified atom stereocenters. The molecule has 0 aromatic carbocycles. The summed E-state index contributed by atoms with van der Waals surface area (Å²) in [5, 5.41) is 24.0. The van der Waals surface area contributed by atoms with Crippen molar-refractivity contribution in [2.45, 2.75) is 18.1 Å². The van der Waals surface area contributed by atoms with Gasteiger partial charge in [-0.2, -0.15) is 37.9 Å². The van der Waals surface area contributed by atoms with Gasteiger partial charge in [0.2, 0.25) is 0 Å². The molecule has 0 aromatic rings. The summed E-state index contributed by atoms with van der Waals surface area (Å²) in [7, 11) is 0. The minimum absolute atomic E-state index is 0. The van der Waals surface area contributed by atoms with Crippen molar-refractivity contribution in [2.24, 2.45) is 17.2 Å². The fourth-order valence-corrected chi connectivity index (χ4v) is 0.703. The number of nitrogens with two attached hydrogens (primary N) is 3. The van der Waals surface area contributed by atoms with Crippen LogP contribution in [0, 0.1) is 0 Å². The Hall–Kier alpha value is -0.128. The zero-order chi connectivity index (χ0) is 17.6. The number of carboxylic acids is 3. The van der Waals surface area contributed by atoms with Crippen LogP contribution in [0.4, 0.5) is 0 Å². The van der Waals surface area contributed by atoms with E-state index in [0.29, 0.717) is 0 Å². The molecule has 0 saturated carbocycles. The van der Waals surface area contributed by atoms with E-state index in [1.807, 2.05) is 0 Å². The molecular formula is C9H21CrN3O6S3. The summed E-state index contributed by atoms with van der Waals surface area (Å²) in [4.78, 5) is 29.3. The molecule has 9 nitrogen and oxygen atoms in total. The number of hydrogen-bond donors (Lipinski definition) is 9. The first-order valence-electron chi connectivity index (χ1n) is 5.32. The molecule has 0 aromatic heterocycles. The summed E-state index contributed by atoms with van der Waals surface area (Å²) in [6, 6.07) is -2.45. The smallest absolute Gasteiger partial charge is 0.321 e. The molecule has 0 saturated heterocycles. The molecular weight excluding hydrogens is 394 g/mol. The van der Waals surface area contributed by atoms with Gasteiger partial charge >= 0.3 is 17.9 Å². The van der Waals surface area contributed by atoms with Crippen molar-refractivity contribution >= 4 is 55.8 Å². The summed E-state index contributed by atoms with van der Waals surface area (Å²) < 4.78 is 0. The molecule has 9 N–H and O–H groups in total. The minimum atomic E-state index is -1.00. The molecule has 13 heteroatoms. The van der Waals surface area contributed by atoms with Gasteiger partial charge in [0.15, 0.2) is 0 Å². The first-order valence-corrected chi connectivity index (χ1v) is 7.22. The number of rotatable bonds is 6. The Morgan fingerprint density at radius 3 is 0.818 bits per heavy atom. The molecule has 132 valence electrons. The Morgan fingerprint density at radius 2 is 0.818 bits per heavy atom. The van der Waals surface area contributed by atoms with E-state index < -0.39 is 36.0 Å². The monoisotopic (exact) mass is 415 g/mol. The van der Waals surface area contributed by atoms with Crippen LogP contribution >= 0.6 is 37.9 Å². The van der Waals surface area contributed by atoms with Crippen molar-refractivity contribution in [3.05, 3.63) is 0 Å². The second-order valence-electron chi connectivity index (χ2n) is 3.38. The summed E-state index contributed by atoms with van der Waals surface area (Å²) in [5.74, 6) is -2.44. The van der Waals surface area contributed by atoms with Crippen molar-refractivity contribution in [3.63, 3.8) is 0 Å². The van der Waals surface area contributed by atoms with Crippen molar-refractivity contribution in [1.29, 1.82) is 0 Å². The minimum Gasteiger partial charge on any atom is -0.480 e. The summed E-state index contributed by atoms with van der Waals surface area (Å²) in [6.45, 7) is 0. The standard InChI is InChI=1S/3C3H7NO2S.Cr/c3*4-2(1-7)3(5)6;/h3*2,7H,1,4H2,(H,5,6);/t3*2-;/m000./s1. The van der Waals surface area contributed by atoms with Crippen LogP contribution in [0.15, 0.2) is 0 Å². The summed E-state index contributed by atoms with van der Waals surface area (Å²) in [6.07, 6.45) is 0. The first-order chi connectivity index (χ1) is 9.54. The maximum atomic E-state index is 9.76. The van der Waals surface area contributed by atoms with Crippen molar-refractivity contribution in [1.82, 2.24) is 0 Å². The third-order valence-electron chi connectivity index (χ3n) is 1.54. The van der Waals surface area contributed by atoms with Crippen LogP contribution in [-0.4, -0.2) is 68.6 Å². The molecule has 22 heavy (non-hydrogen) atoms. The second-order valence-corrected chi connectivity index (χ2v) is 4.48. The van der Waals surface area contributed by atoms with E-state index in [9.17, 15) is 14.4 Å². The van der Waals surface area contributed by atoms with Crippen LogP contribution < -0.4 is 17.2 Å². The van der Waals surface area contributed by atoms with Crippen LogP contribution in [0.1, 0.15) is 0 Å². The molecule has 0 fully saturated rings. The van der Waals surface area contributed by atoms with Gasteiger partial charge in [0.1, 0.15) is 18.1 Å². The second kappa shape index (κ2) is 18.9. The van der Waals surface area contributed by atoms with Gasteiger partial charge in [-0.3, -0.25) is 14.4 Å². The Labute approximate surface area is 155 Å². The van der Waals surface area contributed by atoms with Crippen molar-refractivity contribution < 1.29 is 47.1 Å². The molecule has 0 rings (SSSR count). The van der Waals surface area contributed by atoms with Gasteiger partial charge in [-0.15, -0.1) is 0 Å². The molecule has 0 heterocycles. The van der Waals surface area contributed by atoms with E-state index in [2.05, 4.69) is 37.9 Å². The van der Waals surface area contributed by atoms with Crippen LogP contribution in [0.5, 0.6) is 0 Å². The fraction of sp³-hybridized carbons (Fsp3) is 0.667. The number of aliphatic carboxylic acids is 3. The van der Waals surface area contributed by atoms with E-state index in [-0.39, 0.29) is 34.6 Å². The SMILES string of the molecule is N[C@@H](CS)C(=O)O.N[C@@H](CS)C(=O)O.N[C@@H](CS)C(=O)O.[Cr]. The molecule has 0 spiro atoms. The van der Waals surface area contributed by atoms with Crippen molar-refractivity contribution in [3.8, 4) is 0 Å². The quantitative estimate of drug-likeness (QED) is 0.220. The van der Waals surface area contributed by atoms with Crippen LogP contribution in [0.2, 0.25) is 0 Å². The van der Waals surface area contributed by atoms with Gasteiger partial charge in [0.25, 0.3) is 0 Å². The maximum absolute atomic E-state index is 9.76. The van der Waals surface area contributed by atoms with Crippen LogP contribution in [0.3, 0.4) is 0 Å². The van der Waals surface area contributed by atoms with E-state index in [1.54, 1.807) is 0 Å². The average Bonchev–Trinajstić information content (AvgIpc) is 2.45. The molecule has 0 bridgehead atoms. The van der Waals surface area contributed by atoms with Crippen molar-refractivity contribution in [2.75, 3.05) is 17.3 Å². The first kappa shape index (κ1) is 29.8. The van der Waals surface area contributed by atoms with Crippen LogP contribution in [0.25, 0.3) is 0 Å². The Bertz CT molecular complexity index is 279. The van der Waals surface area contributed by atoms with E-state index in [1.165, 1.54) is 0 Å². The Balaban J connectivity index is -0.000000108. The average molecular weight is 415 g/mol. The topological polar surface area (TPSA) is 190 Å². The molecule has 3 atom stereocenters. The van der Waals surface area contributed by atoms with Gasteiger partial charge in [-0.1, -0.05) is 0 Å². The third kappa shape index (κ3) is 22.2. The van der Waals surface area contributed by atoms with E-state index >= 15 is 0 Å². The number of thiol groups is 3. The van der Waals surface area contributed by atoms with E-state index in [0.717, 1.165) is 0 Å². The largest absolute Gasteiger partial charge is 0.480 e. The molecule has 0 amide bonds. The Kier molecular flexibility index (Phi) is 25.7. The van der Waals surface area contributed by atoms with Gasteiger partial charge in [0.05, 0.1) is 0 Å². The van der Waals surface area contributed by atoms with Crippen LogP contribution in [-0.2, 0) is 31.7 Å².